The molecule has 0 unspecified atom stereocenters. The van der Waals surface area contributed by atoms with Crippen molar-refractivity contribution in [3.8, 4) is 59.9 Å². The van der Waals surface area contributed by atoms with Crippen LogP contribution in [0.25, 0.3) is 0 Å². The lowest BCUT2D eigenvalue weighted by molar-refractivity contribution is 0.285. The average Bonchev–Trinajstić information content (AvgIpc) is 3.34. The maximum absolute atomic E-state index is 5.78. The van der Waals surface area contributed by atoms with Crippen LogP contribution in [0.2, 0.25) is 0 Å². The third-order valence-corrected chi connectivity index (χ3v) is 6.99. The molecule has 0 spiro atoms. The van der Waals surface area contributed by atoms with Gasteiger partial charge in [-0.05, 0) is 85.3 Å². The van der Waals surface area contributed by atoms with E-state index in [2.05, 4.69) is 59.8 Å². The second-order valence-corrected chi connectivity index (χ2v) is 10.1. The van der Waals surface area contributed by atoms with E-state index in [0.717, 1.165) is 83.8 Å². The second-order valence-electron chi connectivity index (χ2n) is 10.1. The molecule has 2 nitrogen and oxygen atoms in total. The zero-order chi connectivity index (χ0) is 45.0. The molecule has 2 aliphatic rings. The van der Waals surface area contributed by atoms with Crippen molar-refractivity contribution in [3.63, 3.8) is 0 Å². The first-order chi connectivity index (χ1) is 28.7. The van der Waals surface area contributed by atoms with Crippen molar-refractivity contribution < 1.29 is 9.47 Å². The summed E-state index contributed by atoms with van der Waals surface area (Å²) in [6, 6.07) is 28.4. The van der Waals surface area contributed by atoms with Crippen LogP contribution in [0.1, 0.15) is 168 Å². The lowest BCUT2D eigenvalue weighted by Crippen LogP contribution is -2.10. The number of terminal acetylenes is 2. The first-order valence-corrected chi connectivity index (χ1v) is 22.3. The van der Waals surface area contributed by atoms with Crippen LogP contribution in [0.5, 0.6) is 11.5 Å². The Morgan fingerprint density at radius 1 is 0.414 bits per heavy atom. The van der Waals surface area contributed by atoms with E-state index in [1.807, 2.05) is 171 Å². The summed E-state index contributed by atoms with van der Waals surface area (Å²) in [4.78, 5) is 0. The van der Waals surface area contributed by atoms with Gasteiger partial charge in [0.25, 0.3) is 0 Å². The molecular formula is C56H80O2. The Hall–Kier alpha value is -5.28. The SMILES string of the molecule is C#CCc1cc(C#Cc2ccccc2)cc2c1OCCC2.C#CCc1cc(C#Cc2ccccc2)cc2c1OCCC2.CC.CC.CC.CC.CC.CC.CC.CC. The number of ether oxygens (including phenoxy) is 2. The Bertz CT molecular complexity index is 1610. The van der Waals surface area contributed by atoms with Crippen LogP contribution in [-0.4, -0.2) is 13.2 Å². The topological polar surface area (TPSA) is 18.5 Å². The van der Waals surface area contributed by atoms with E-state index in [4.69, 9.17) is 22.3 Å². The highest BCUT2D eigenvalue weighted by Gasteiger charge is 2.16. The van der Waals surface area contributed by atoms with Gasteiger partial charge in [0, 0.05) is 46.2 Å². The molecule has 4 aromatic carbocycles. The van der Waals surface area contributed by atoms with E-state index in [9.17, 15) is 0 Å². The largest absolute Gasteiger partial charge is 0.493 e. The molecule has 0 radical (unpaired) electrons. The predicted octanol–water partition coefficient (Wildman–Crippen LogP) is 15.4. The smallest absolute Gasteiger partial charge is 0.126 e. The Morgan fingerprint density at radius 2 is 0.707 bits per heavy atom. The molecule has 58 heavy (non-hydrogen) atoms. The van der Waals surface area contributed by atoms with Crippen LogP contribution >= 0.6 is 0 Å². The summed E-state index contributed by atoms with van der Waals surface area (Å²) in [5.41, 5.74) is 8.66. The lowest BCUT2D eigenvalue weighted by atomic mass is 9.97. The van der Waals surface area contributed by atoms with Gasteiger partial charge in [0.2, 0.25) is 0 Å². The molecule has 2 aliphatic heterocycles. The Morgan fingerprint density at radius 3 is 1.00 bits per heavy atom. The molecule has 0 atom stereocenters. The number of aryl methyl sites for hydroxylation is 2. The van der Waals surface area contributed by atoms with E-state index in [1.165, 1.54) is 11.1 Å². The monoisotopic (exact) mass is 785 g/mol. The quantitative estimate of drug-likeness (QED) is 0.189. The summed E-state index contributed by atoms with van der Waals surface area (Å²) in [6.45, 7) is 33.6. The van der Waals surface area contributed by atoms with E-state index < -0.39 is 0 Å². The van der Waals surface area contributed by atoms with Crippen molar-refractivity contribution in [1.82, 2.24) is 0 Å². The maximum atomic E-state index is 5.78. The molecule has 6 rings (SSSR count). The summed E-state index contributed by atoms with van der Waals surface area (Å²) in [5, 5.41) is 0. The Balaban J connectivity index is -0.000000374. The Labute approximate surface area is 360 Å². The summed E-state index contributed by atoms with van der Waals surface area (Å²) in [5.74, 6) is 20.2. The van der Waals surface area contributed by atoms with Crippen LogP contribution in [0.4, 0.5) is 0 Å². The van der Waals surface area contributed by atoms with Crippen LogP contribution in [0.3, 0.4) is 0 Å². The van der Waals surface area contributed by atoms with E-state index in [-0.39, 0.29) is 0 Å². The third-order valence-electron chi connectivity index (χ3n) is 6.99. The molecule has 0 saturated heterocycles. The number of hydrogen-bond donors (Lipinski definition) is 0. The number of fused-ring (bicyclic) bond motifs is 2. The minimum Gasteiger partial charge on any atom is -0.493 e. The lowest BCUT2D eigenvalue weighted by Gasteiger charge is -2.20. The van der Waals surface area contributed by atoms with Crippen LogP contribution < -0.4 is 9.47 Å². The molecule has 0 aliphatic carbocycles. The normalized spacial score (nSPS) is 9.76. The van der Waals surface area contributed by atoms with E-state index in [1.54, 1.807) is 0 Å². The van der Waals surface area contributed by atoms with Gasteiger partial charge < -0.3 is 9.47 Å². The van der Waals surface area contributed by atoms with Gasteiger partial charge in [-0.1, -0.05) is 171 Å². The molecule has 0 fully saturated rings. The number of benzene rings is 4. The molecule has 0 N–H and O–H groups in total. The van der Waals surface area contributed by atoms with Gasteiger partial charge in [0.1, 0.15) is 11.5 Å². The van der Waals surface area contributed by atoms with Crippen molar-refractivity contribution in [1.29, 1.82) is 0 Å². The van der Waals surface area contributed by atoms with E-state index in [0.29, 0.717) is 12.8 Å². The minimum atomic E-state index is 0.586. The van der Waals surface area contributed by atoms with Gasteiger partial charge in [-0.25, -0.2) is 0 Å². The van der Waals surface area contributed by atoms with Gasteiger partial charge in [0.15, 0.2) is 0 Å². The fourth-order valence-corrected chi connectivity index (χ4v) is 5.08. The fourth-order valence-electron chi connectivity index (χ4n) is 5.08. The van der Waals surface area contributed by atoms with Gasteiger partial charge in [-0.3, -0.25) is 0 Å². The molecule has 0 aromatic heterocycles. The highest BCUT2D eigenvalue weighted by molar-refractivity contribution is 5.54. The molecule has 4 aromatic rings. The molecule has 0 saturated carbocycles. The van der Waals surface area contributed by atoms with Gasteiger partial charge in [-0.2, -0.15) is 0 Å². The van der Waals surface area contributed by atoms with Crippen molar-refractivity contribution in [2.24, 2.45) is 0 Å². The van der Waals surface area contributed by atoms with Crippen LogP contribution in [-0.2, 0) is 25.7 Å². The zero-order valence-electron chi connectivity index (χ0n) is 39.7. The van der Waals surface area contributed by atoms with Crippen molar-refractivity contribution in [2.45, 2.75) is 149 Å². The molecular weight excluding hydrogens is 705 g/mol. The first-order valence-electron chi connectivity index (χ1n) is 22.3. The van der Waals surface area contributed by atoms with Crippen LogP contribution in [0, 0.1) is 48.4 Å². The summed E-state index contributed by atoms with van der Waals surface area (Å²) in [6.07, 6.45) is 16.3. The number of rotatable bonds is 2. The molecule has 0 amide bonds. The fraction of sp³-hybridized carbons (Fsp3) is 0.429. The highest BCUT2D eigenvalue weighted by atomic mass is 16.5. The standard InChI is InChI=1S/2C20H16O.8C2H6/c2*1-2-7-18-14-17(12-11-16-8-4-3-5-9-16)15-19-10-6-13-21-20(18)19;8*1-2/h2*1,3-5,8-9,14-15H,6-7,10,13H2;8*1-2H3. The molecule has 316 valence electrons. The summed E-state index contributed by atoms with van der Waals surface area (Å²) < 4.78 is 11.6. The summed E-state index contributed by atoms with van der Waals surface area (Å²) >= 11 is 0. The van der Waals surface area contributed by atoms with Crippen molar-refractivity contribution >= 4 is 0 Å². The van der Waals surface area contributed by atoms with Gasteiger partial charge >= 0.3 is 0 Å². The van der Waals surface area contributed by atoms with Crippen LogP contribution in [0.15, 0.2) is 84.9 Å². The van der Waals surface area contributed by atoms with Gasteiger partial charge in [-0.15, -0.1) is 24.7 Å². The average molecular weight is 785 g/mol. The van der Waals surface area contributed by atoms with E-state index >= 15 is 0 Å². The minimum absolute atomic E-state index is 0.586. The maximum Gasteiger partial charge on any atom is 0.126 e. The molecule has 0 bridgehead atoms. The Kier molecular flexibility index (Phi) is 45.5. The highest BCUT2D eigenvalue weighted by Crippen LogP contribution is 2.32. The number of hydrogen-bond acceptors (Lipinski definition) is 2. The van der Waals surface area contributed by atoms with Gasteiger partial charge in [0.05, 0.1) is 13.2 Å². The molecule has 2 heterocycles. The summed E-state index contributed by atoms with van der Waals surface area (Å²) in [7, 11) is 0. The predicted molar refractivity (Wildman–Crippen MR) is 261 cm³/mol. The molecule has 2 heteroatoms. The van der Waals surface area contributed by atoms with Crippen molar-refractivity contribution in [3.05, 3.63) is 129 Å². The first kappa shape index (κ1) is 59.4. The second kappa shape index (κ2) is 44.4. The van der Waals surface area contributed by atoms with Crippen molar-refractivity contribution in [2.75, 3.05) is 13.2 Å². The zero-order valence-corrected chi connectivity index (χ0v) is 39.7. The third kappa shape index (κ3) is 23.7.